The van der Waals surface area contributed by atoms with Crippen LogP contribution in [0.25, 0.3) is 0 Å². The van der Waals surface area contributed by atoms with Gasteiger partial charge in [-0.3, -0.25) is 0 Å². The van der Waals surface area contributed by atoms with E-state index in [9.17, 15) is 0 Å². The van der Waals surface area contributed by atoms with Crippen LogP contribution in [0.15, 0.2) is 4.90 Å². The summed E-state index contributed by atoms with van der Waals surface area (Å²) < 4.78 is 0. The van der Waals surface area contributed by atoms with Gasteiger partial charge < -0.3 is 5.48 Å². The molecule has 0 saturated heterocycles. The summed E-state index contributed by atoms with van der Waals surface area (Å²) in [5.41, 5.74) is 0. The zero-order chi connectivity index (χ0) is 9.46. The highest BCUT2D eigenvalue weighted by Crippen LogP contribution is 2.45. The van der Waals surface area contributed by atoms with E-state index in [1.54, 1.807) is 0 Å². The Balaban J connectivity index is 0.00000144. The Morgan fingerprint density at radius 1 is 0.615 bits per heavy atom. The van der Waals surface area contributed by atoms with Gasteiger partial charge in [0.15, 0.2) is 0 Å². The Kier molecular flexibility index (Phi) is 5.56. The van der Waals surface area contributed by atoms with E-state index in [0.29, 0.717) is 4.90 Å². The summed E-state index contributed by atoms with van der Waals surface area (Å²) in [6.45, 7) is 0. The van der Waals surface area contributed by atoms with Crippen molar-refractivity contribution in [1.82, 2.24) is 0 Å². The predicted molar refractivity (Wildman–Crippen MR) is 62.4 cm³/mol. The van der Waals surface area contributed by atoms with Gasteiger partial charge in [0.1, 0.15) is 0 Å². The topological polar surface area (TPSA) is 31.5 Å². The first kappa shape index (κ1) is 14.0. The third-order valence-electron chi connectivity index (χ3n) is 1.19. The van der Waals surface area contributed by atoms with Crippen LogP contribution >= 0.6 is 70.6 Å². The van der Waals surface area contributed by atoms with Crippen molar-refractivity contribution < 1.29 is 5.48 Å². The number of rotatable bonds is 0. The zero-order valence-electron chi connectivity index (χ0n) is 5.84. The van der Waals surface area contributed by atoms with E-state index < -0.39 is 0 Å². The molecule has 0 spiro atoms. The maximum absolute atomic E-state index is 5.72. The molecule has 0 atom stereocenters. The summed E-state index contributed by atoms with van der Waals surface area (Å²) in [7, 11) is 0. The molecule has 1 aromatic rings. The second-order valence-corrected chi connectivity index (χ2v) is 4.26. The molecule has 0 radical (unpaired) electrons. The van der Waals surface area contributed by atoms with Crippen LogP contribution in [0, 0.1) is 0 Å². The summed E-state index contributed by atoms with van der Waals surface area (Å²) in [4.78, 5) is 0.331. The van der Waals surface area contributed by atoms with Gasteiger partial charge in [0.25, 0.3) is 0 Å². The number of hydrogen-bond acceptors (Lipinski definition) is 1. The highest BCUT2D eigenvalue weighted by molar-refractivity contribution is 7.80. The summed E-state index contributed by atoms with van der Waals surface area (Å²) >= 11 is 32.6. The Morgan fingerprint density at radius 3 is 1.15 bits per heavy atom. The Hall–Kier alpha value is 0.980. The second kappa shape index (κ2) is 5.17. The fourth-order valence-corrected chi connectivity index (χ4v) is 2.09. The molecule has 0 fully saturated rings. The smallest absolute Gasteiger partial charge is 0.0809 e. The van der Waals surface area contributed by atoms with Gasteiger partial charge in [-0.2, -0.15) is 0 Å². The van der Waals surface area contributed by atoms with Gasteiger partial charge in [-0.15, -0.1) is 12.6 Å². The first-order chi connectivity index (χ1) is 5.46. The van der Waals surface area contributed by atoms with Crippen molar-refractivity contribution >= 4 is 70.6 Å². The Morgan fingerprint density at radius 2 is 0.846 bits per heavy atom. The molecule has 74 valence electrons. The number of thiol groups is 1. The lowest BCUT2D eigenvalue weighted by molar-refractivity contribution is 0.824. The summed E-state index contributed by atoms with van der Waals surface area (Å²) in [6, 6.07) is 0. The predicted octanol–water partition coefficient (Wildman–Crippen LogP) is 4.42. The quantitative estimate of drug-likeness (QED) is 0.418. The average molecular weight is 300 g/mol. The molecule has 2 N–H and O–H groups in total. The highest BCUT2D eigenvalue weighted by Gasteiger charge is 2.16. The van der Waals surface area contributed by atoms with Crippen LogP contribution in [0.1, 0.15) is 0 Å². The summed E-state index contributed by atoms with van der Waals surface area (Å²) in [6.07, 6.45) is 0. The van der Waals surface area contributed by atoms with E-state index in [-0.39, 0.29) is 30.6 Å². The SMILES string of the molecule is O.Sc1c(Cl)c(Cl)c(Cl)c(Cl)c1Cl. The standard InChI is InChI=1S/C6HCl5S.H2O/c7-1-2(8)4(10)6(12)5(11)3(1)9;/h12H;1H2. The van der Waals surface area contributed by atoms with Crippen molar-refractivity contribution in [3.05, 3.63) is 25.1 Å². The van der Waals surface area contributed by atoms with Crippen LogP contribution in [-0.2, 0) is 0 Å². The molecule has 7 heteroatoms. The largest absolute Gasteiger partial charge is 0.412 e. The van der Waals surface area contributed by atoms with Gasteiger partial charge in [-0.05, 0) is 0 Å². The van der Waals surface area contributed by atoms with E-state index in [4.69, 9.17) is 58.0 Å². The molecule has 1 rings (SSSR count). The zero-order valence-corrected chi connectivity index (χ0v) is 10.5. The maximum atomic E-state index is 5.72. The van der Waals surface area contributed by atoms with Gasteiger partial charge in [-0.1, -0.05) is 58.0 Å². The van der Waals surface area contributed by atoms with Crippen molar-refractivity contribution in [3.8, 4) is 0 Å². The average Bonchev–Trinajstić information content (AvgIpc) is 2.08. The lowest BCUT2D eigenvalue weighted by Gasteiger charge is -2.07. The van der Waals surface area contributed by atoms with Crippen molar-refractivity contribution in [3.63, 3.8) is 0 Å². The van der Waals surface area contributed by atoms with Crippen LogP contribution < -0.4 is 0 Å². The Labute approximate surface area is 106 Å². The van der Waals surface area contributed by atoms with E-state index in [0.717, 1.165) is 0 Å². The molecule has 0 unspecified atom stereocenters. The van der Waals surface area contributed by atoms with Crippen molar-refractivity contribution in [2.24, 2.45) is 0 Å². The molecule has 0 saturated carbocycles. The molecule has 1 nitrogen and oxygen atoms in total. The minimum absolute atomic E-state index is 0. The van der Waals surface area contributed by atoms with Crippen LogP contribution in [-0.4, -0.2) is 5.48 Å². The van der Waals surface area contributed by atoms with E-state index in [1.165, 1.54) is 0 Å². The molecule has 0 aliphatic heterocycles. The normalized spacial score (nSPS) is 9.69. The Bertz CT molecular complexity index is 235. The molecule has 1 aromatic carbocycles. The number of benzene rings is 1. The molecule has 0 heterocycles. The fraction of sp³-hybridized carbons (Fsp3) is 0. The van der Waals surface area contributed by atoms with Gasteiger partial charge in [0, 0.05) is 4.90 Å². The van der Waals surface area contributed by atoms with Crippen LogP contribution in [0.2, 0.25) is 25.1 Å². The first-order valence-electron chi connectivity index (χ1n) is 2.67. The number of halogens is 5. The van der Waals surface area contributed by atoms with Gasteiger partial charge in [0.05, 0.1) is 25.1 Å². The van der Waals surface area contributed by atoms with E-state index in [1.807, 2.05) is 0 Å². The number of hydrogen-bond donors (Lipinski definition) is 1. The molecule has 0 bridgehead atoms. The van der Waals surface area contributed by atoms with E-state index >= 15 is 0 Å². The minimum atomic E-state index is 0. The minimum Gasteiger partial charge on any atom is -0.412 e. The maximum Gasteiger partial charge on any atom is 0.0809 e. The second-order valence-electron chi connectivity index (χ2n) is 1.92. The molecule has 0 amide bonds. The van der Waals surface area contributed by atoms with Crippen molar-refractivity contribution in [1.29, 1.82) is 0 Å². The van der Waals surface area contributed by atoms with Gasteiger partial charge >= 0.3 is 0 Å². The van der Waals surface area contributed by atoms with Crippen molar-refractivity contribution in [2.75, 3.05) is 0 Å². The van der Waals surface area contributed by atoms with Crippen LogP contribution in [0.4, 0.5) is 0 Å². The molecule has 13 heavy (non-hydrogen) atoms. The van der Waals surface area contributed by atoms with Gasteiger partial charge in [0.2, 0.25) is 0 Å². The molecule has 0 aliphatic carbocycles. The third kappa shape index (κ3) is 2.51. The van der Waals surface area contributed by atoms with Crippen LogP contribution in [0.3, 0.4) is 0 Å². The molecular formula is C6H3Cl5OS. The summed E-state index contributed by atoms with van der Waals surface area (Å²) in [5, 5.41) is 0.889. The third-order valence-corrected chi connectivity index (χ3v) is 4.17. The lowest BCUT2D eigenvalue weighted by Crippen LogP contribution is -1.80. The van der Waals surface area contributed by atoms with Crippen LogP contribution in [0.5, 0.6) is 0 Å². The monoisotopic (exact) mass is 298 g/mol. The molecule has 0 aromatic heterocycles. The van der Waals surface area contributed by atoms with Crippen molar-refractivity contribution in [2.45, 2.75) is 4.90 Å². The lowest BCUT2D eigenvalue weighted by atomic mass is 10.3. The first-order valence-corrected chi connectivity index (χ1v) is 5.01. The van der Waals surface area contributed by atoms with Gasteiger partial charge in [-0.25, -0.2) is 0 Å². The van der Waals surface area contributed by atoms with E-state index in [2.05, 4.69) is 12.6 Å². The fourth-order valence-electron chi connectivity index (χ4n) is 0.593. The molecular weight excluding hydrogens is 297 g/mol. The summed E-state index contributed by atoms with van der Waals surface area (Å²) in [5.74, 6) is 0. The molecule has 0 aliphatic rings. The highest BCUT2D eigenvalue weighted by atomic mass is 35.5.